The minimum Gasteiger partial charge on any atom is -0.490 e. The number of nitrogens with one attached hydrogen (secondary N) is 1. The van der Waals surface area contributed by atoms with Crippen LogP contribution in [0.15, 0.2) is 24.3 Å². The van der Waals surface area contributed by atoms with E-state index >= 15 is 0 Å². The predicted octanol–water partition coefficient (Wildman–Crippen LogP) is 3.98. The first kappa shape index (κ1) is 15.2. The second-order valence-corrected chi connectivity index (χ2v) is 5.59. The van der Waals surface area contributed by atoms with Gasteiger partial charge in [-0.1, -0.05) is 6.92 Å². The second-order valence-electron chi connectivity index (χ2n) is 4.34. The summed E-state index contributed by atoms with van der Waals surface area (Å²) < 4.78 is 18.8. The van der Waals surface area contributed by atoms with Crippen molar-refractivity contribution in [3.8, 4) is 5.75 Å². The van der Waals surface area contributed by atoms with Gasteiger partial charge in [-0.05, 0) is 18.6 Å². The van der Waals surface area contributed by atoms with Crippen LogP contribution in [0.1, 0.15) is 16.7 Å². The number of benzene rings is 1. The van der Waals surface area contributed by atoms with Crippen LogP contribution in [0.25, 0.3) is 0 Å². The lowest BCUT2D eigenvalue weighted by atomic mass is 10.2. The zero-order valence-corrected chi connectivity index (χ0v) is 12.5. The maximum absolute atomic E-state index is 13.9. The van der Waals surface area contributed by atoms with E-state index in [2.05, 4.69) is 12.2 Å². The molecule has 0 saturated heterocycles. The summed E-state index contributed by atoms with van der Waals surface area (Å²) in [4.78, 5) is 12.5. The fourth-order valence-electron chi connectivity index (χ4n) is 1.87. The van der Waals surface area contributed by atoms with Crippen molar-refractivity contribution in [2.45, 2.75) is 19.9 Å². The first-order valence-corrected chi connectivity index (χ1v) is 7.20. The molecule has 0 bridgehead atoms. The van der Waals surface area contributed by atoms with E-state index in [1.165, 1.54) is 18.1 Å². The average Bonchev–Trinajstić information content (AvgIpc) is 2.93. The Morgan fingerprint density at radius 1 is 1.38 bits per heavy atom. The minimum absolute atomic E-state index is 0.0318. The Balaban J connectivity index is 2.18. The SMILES string of the molecule is CCc1ccc(CNc2cc(OC)c([N+](=O)[O-])cc2F)s1. The van der Waals surface area contributed by atoms with Crippen molar-refractivity contribution in [3.63, 3.8) is 0 Å². The number of hydrogen-bond donors (Lipinski definition) is 1. The van der Waals surface area contributed by atoms with E-state index in [9.17, 15) is 14.5 Å². The van der Waals surface area contributed by atoms with Crippen molar-refractivity contribution in [1.82, 2.24) is 0 Å². The number of rotatable bonds is 6. The molecule has 112 valence electrons. The summed E-state index contributed by atoms with van der Waals surface area (Å²) in [6.45, 7) is 2.53. The van der Waals surface area contributed by atoms with Crippen LogP contribution in [0.4, 0.5) is 15.8 Å². The smallest absolute Gasteiger partial charge is 0.313 e. The molecular weight excluding hydrogens is 295 g/mol. The van der Waals surface area contributed by atoms with E-state index in [0.29, 0.717) is 6.54 Å². The molecule has 0 spiro atoms. The van der Waals surface area contributed by atoms with Crippen LogP contribution in [-0.4, -0.2) is 12.0 Å². The highest BCUT2D eigenvalue weighted by Gasteiger charge is 2.19. The predicted molar refractivity (Wildman–Crippen MR) is 80.6 cm³/mol. The molecule has 21 heavy (non-hydrogen) atoms. The Morgan fingerprint density at radius 2 is 2.10 bits per heavy atom. The van der Waals surface area contributed by atoms with Crippen molar-refractivity contribution >= 4 is 22.7 Å². The van der Waals surface area contributed by atoms with Crippen LogP contribution in [0.2, 0.25) is 0 Å². The van der Waals surface area contributed by atoms with Gasteiger partial charge in [0, 0.05) is 22.4 Å². The van der Waals surface area contributed by atoms with Gasteiger partial charge in [0.05, 0.1) is 23.8 Å². The molecule has 0 radical (unpaired) electrons. The van der Waals surface area contributed by atoms with Crippen molar-refractivity contribution in [1.29, 1.82) is 0 Å². The monoisotopic (exact) mass is 310 g/mol. The molecule has 2 aromatic rings. The molecule has 0 aliphatic carbocycles. The van der Waals surface area contributed by atoms with E-state index in [1.807, 2.05) is 12.1 Å². The third kappa shape index (κ3) is 3.49. The number of methoxy groups -OCH3 is 1. The molecule has 0 aliphatic heterocycles. The summed E-state index contributed by atoms with van der Waals surface area (Å²) in [5.74, 6) is -0.640. The normalized spacial score (nSPS) is 10.4. The Morgan fingerprint density at radius 3 is 2.67 bits per heavy atom. The molecule has 5 nitrogen and oxygen atoms in total. The molecule has 1 N–H and O–H groups in total. The van der Waals surface area contributed by atoms with Crippen LogP contribution >= 0.6 is 11.3 Å². The van der Waals surface area contributed by atoms with E-state index in [0.717, 1.165) is 17.4 Å². The van der Waals surface area contributed by atoms with Crippen LogP contribution in [0.3, 0.4) is 0 Å². The number of halogens is 1. The molecule has 1 aromatic heterocycles. The first-order chi connectivity index (χ1) is 10.0. The van der Waals surface area contributed by atoms with Gasteiger partial charge < -0.3 is 10.1 Å². The van der Waals surface area contributed by atoms with Crippen LogP contribution < -0.4 is 10.1 Å². The number of nitro benzene ring substituents is 1. The molecule has 1 aromatic carbocycles. The van der Waals surface area contributed by atoms with Gasteiger partial charge in [-0.3, -0.25) is 10.1 Å². The molecule has 2 rings (SSSR count). The first-order valence-electron chi connectivity index (χ1n) is 6.38. The molecule has 0 aliphatic rings. The quantitative estimate of drug-likeness (QED) is 0.647. The molecule has 0 amide bonds. The molecular formula is C14H15FN2O3S. The lowest BCUT2D eigenvalue weighted by molar-refractivity contribution is -0.385. The van der Waals surface area contributed by atoms with Gasteiger partial charge in [0.1, 0.15) is 0 Å². The lowest BCUT2D eigenvalue weighted by Gasteiger charge is -2.09. The van der Waals surface area contributed by atoms with Gasteiger partial charge in [0.25, 0.3) is 0 Å². The molecule has 7 heteroatoms. The number of nitrogens with zero attached hydrogens (tertiary/aromatic N) is 1. The Hall–Kier alpha value is -2.15. The third-order valence-electron chi connectivity index (χ3n) is 2.98. The highest BCUT2D eigenvalue weighted by molar-refractivity contribution is 7.12. The third-order valence-corrected chi connectivity index (χ3v) is 4.21. The fourth-order valence-corrected chi connectivity index (χ4v) is 2.77. The summed E-state index contributed by atoms with van der Waals surface area (Å²) in [5.41, 5.74) is -0.200. The van der Waals surface area contributed by atoms with Gasteiger partial charge in [0.15, 0.2) is 11.6 Å². The lowest BCUT2D eigenvalue weighted by Crippen LogP contribution is -2.02. The summed E-state index contributed by atoms with van der Waals surface area (Å²) in [6.07, 6.45) is 0.963. The van der Waals surface area contributed by atoms with Crippen LogP contribution in [-0.2, 0) is 13.0 Å². The van der Waals surface area contributed by atoms with Crippen molar-refractivity contribution in [2.24, 2.45) is 0 Å². The zero-order chi connectivity index (χ0) is 15.4. The Labute approximate surface area is 125 Å². The topological polar surface area (TPSA) is 64.4 Å². The van der Waals surface area contributed by atoms with Crippen molar-refractivity contribution in [3.05, 3.63) is 50.0 Å². The molecule has 0 fully saturated rings. The van der Waals surface area contributed by atoms with Crippen molar-refractivity contribution < 1.29 is 14.1 Å². The van der Waals surface area contributed by atoms with Crippen LogP contribution in [0, 0.1) is 15.9 Å². The maximum Gasteiger partial charge on any atom is 0.313 e. The van der Waals surface area contributed by atoms with Gasteiger partial charge in [-0.2, -0.15) is 0 Å². The Kier molecular flexibility index (Phi) is 4.74. The van der Waals surface area contributed by atoms with Gasteiger partial charge >= 0.3 is 5.69 Å². The number of hydrogen-bond acceptors (Lipinski definition) is 5. The van der Waals surface area contributed by atoms with Crippen LogP contribution in [0.5, 0.6) is 5.75 Å². The van der Waals surface area contributed by atoms with Gasteiger partial charge in [-0.15, -0.1) is 11.3 Å². The molecule has 1 heterocycles. The van der Waals surface area contributed by atoms with E-state index < -0.39 is 10.7 Å². The fraction of sp³-hybridized carbons (Fsp3) is 0.286. The van der Waals surface area contributed by atoms with E-state index in [-0.39, 0.29) is 17.1 Å². The maximum atomic E-state index is 13.9. The average molecular weight is 310 g/mol. The summed E-state index contributed by atoms with van der Waals surface area (Å²) in [6, 6.07) is 6.19. The molecule has 0 unspecified atom stereocenters. The number of ether oxygens (including phenoxy) is 1. The highest BCUT2D eigenvalue weighted by Crippen LogP contribution is 2.32. The van der Waals surface area contributed by atoms with Crippen molar-refractivity contribution in [2.75, 3.05) is 12.4 Å². The number of aryl methyl sites for hydroxylation is 1. The number of anilines is 1. The summed E-state index contributed by atoms with van der Waals surface area (Å²) in [7, 11) is 1.32. The summed E-state index contributed by atoms with van der Waals surface area (Å²) >= 11 is 1.65. The minimum atomic E-state index is -0.672. The highest BCUT2D eigenvalue weighted by atomic mass is 32.1. The standard InChI is InChI=1S/C14H15FN2O3S/c1-3-9-4-5-10(21-9)8-16-12-7-14(20-2)13(17(18)19)6-11(12)15/h4-7,16H,3,8H2,1-2H3. The van der Waals surface area contributed by atoms with E-state index in [4.69, 9.17) is 4.74 Å². The van der Waals surface area contributed by atoms with E-state index in [1.54, 1.807) is 11.3 Å². The largest absolute Gasteiger partial charge is 0.490 e. The number of nitro groups is 1. The molecule has 0 saturated carbocycles. The summed E-state index contributed by atoms with van der Waals surface area (Å²) in [5, 5.41) is 13.7. The van der Waals surface area contributed by atoms with Gasteiger partial charge in [-0.25, -0.2) is 4.39 Å². The molecule has 0 atom stereocenters. The number of thiophene rings is 1. The second kappa shape index (κ2) is 6.53. The Bertz CT molecular complexity index is 658. The van der Waals surface area contributed by atoms with Gasteiger partial charge in [0.2, 0.25) is 0 Å². The zero-order valence-electron chi connectivity index (χ0n) is 11.7.